The highest BCUT2D eigenvalue weighted by Gasteiger charge is 2.26. The summed E-state index contributed by atoms with van der Waals surface area (Å²) in [6.45, 7) is 13.8. The van der Waals surface area contributed by atoms with Crippen LogP contribution in [0.5, 0.6) is 5.75 Å². The standard InChI is InChI=1S/C34H43N3O2/c1-7-9-10-20-37(25(3)32-22-28(17-19-35-32)34(4,5)38)24-27-18-21-39-33-23-30(15-16-31(27)33)36(6)29-13-11-26(8-2)12-14-29/h10-17,19-20,22-23,27,38H,3,7-9,18,21,24H2,1-2,4-6H3/b20-10-. The van der Waals surface area contributed by atoms with E-state index in [9.17, 15) is 5.11 Å². The highest BCUT2D eigenvalue weighted by molar-refractivity contribution is 5.66. The number of nitrogens with zero attached hydrogens (tertiary/aromatic N) is 3. The second kappa shape index (κ2) is 12.5. The molecule has 1 unspecified atom stereocenters. The van der Waals surface area contributed by atoms with Crippen molar-refractivity contribution in [2.45, 2.75) is 64.9 Å². The molecule has 1 atom stereocenters. The smallest absolute Gasteiger partial charge is 0.124 e. The van der Waals surface area contributed by atoms with Gasteiger partial charge in [-0.3, -0.25) is 4.98 Å². The van der Waals surface area contributed by atoms with Gasteiger partial charge in [-0.1, -0.05) is 51.1 Å². The van der Waals surface area contributed by atoms with Gasteiger partial charge in [0.1, 0.15) is 5.75 Å². The summed E-state index contributed by atoms with van der Waals surface area (Å²) in [5.41, 5.74) is 6.30. The lowest BCUT2D eigenvalue weighted by Crippen LogP contribution is -2.27. The first kappa shape index (κ1) is 28.4. The fourth-order valence-corrected chi connectivity index (χ4v) is 4.94. The molecule has 2 heterocycles. The molecular formula is C34H43N3O2. The maximum absolute atomic E-state index is 10.5. The molecule has 2 aromatic carbocycles. The third-order valence-corrected chi connectivity index (χ3v) is 7.55. The lowest BCUT2D eigenvalue weighted by Gasteiger charge is -2.32. The Balaban J connectivity index is 1.58. The van der Waals surface area contributed by atoms with Crippen LogP contribution in [-0.2, 0) is 12.0 Å². The zero-order valence-electron chi connectivity index (χ0n) is 24.2. The molecule has 5 heteroatoms. The normalized spacial score (nSPS) is 15.1. The summed E-state index contributed by atoms with van der Waals surface area (Å²) in [5.74, 6) is 1.24. The average Bonchev–Trinajstić information content (AvgIpc) is 2.95. The minimum Gasteiger partial charge on any atom is -0.493 e. The molecule has 1 aliphatic heterocycles. The van der Waals surface area contributed by atoms with Crippen LogP contribution in [0, 0.1) is 0 Å². The number of allylic oxidation sites excluding steroid dienone is 1. The number of rotatable bonds is 11. The summed E-state index contributed by atoms with van der Waals surface area (Å²) < 4.78 is 6.17. The van der Waals surface area contributed by atoms with Gasteiger partial charge >= 0.3 is 0 Å². The number of anilines is 2. The molecule has 0 aliphatic carbocycles. The van der Waals surface area contributed by atoms with Crippen molar-refractivity contribution in [2.75, 3.05) is 25.1 Å². The zero-order chi connectivity index (χ0) is 28.0. The number of hydrogen-bond donors (Lipinski definition) is 1. The van der Waals surface area contributed by atoms with E-state index in [2.05, 4.69) is 97.0 Å². The molecule has 0 saturated heterocycles. The summed E-state index contributed by atoms with van der Waals surface area (Å²) in [7, 11) is 2.10. The van der Waals surface area contributed by atoms with Crippen molar-refractivity contribution < 1.29 is 9.84 Å². The number of pyridine rings is 1. The molecule has 3 aromatic rings. The molecule has 0 saturated carbocycles. The van der Waals surface area contributed by atoms with E-state index in [-0.39, 0.29) is 5.92 Å². The van der Waals surface area contributed by atoms with Gasteiger partial charge in [0.25, 0.3) is 0 Å². The molecule has 1 aliphatic rings. The molecule has 1 N–H and O–H groups in total. The molecule has 0 spiro atoms. The van der Waals surface area contributed by atoms with E-state index in [1.165, 1.54) is 11.1 Å². The van der Waals surface area contributed by atoms with Crippen molar-refractivity contribution in [2.24, 2.45) is 0 Å². The Morgan fingerprint density at radius 2 is 1.85 bits per heavy atom. The highest BCUT2D eigenvalue weighted by Crippen LogP contribution is 2.39. The van der Waals surface area contributed by atoms with Crippen molar-refractivity contribution in [1.29, 1.82) is 0 Å². The third-order valence-electron chi connectivity index (χ3n) is 7.55. The Morgan fingerprint density at radius 3 is 2.54 bits per heavy atom. The lowest BCUT2D eigenvalue weighted by atomic mass is 9.91. The van der Waals surface area contributed by atoms with E-state index in [1.54, 1.807) is 20.0 Å². The number of aryl methyl sites for hydroxylation is 1. The number of benzene rings is 2. The molecule has 39 heavy (non-hydrogen) atoms. The summed E-state index contributed by atoms with van der Waals surface area (Å²) in [4.78, 5) is 9.01. The summed E-state index contributed by atoms with van der Waals surface area (Å²) in [6, 6.07) is 19.1. The van der Waals surface area contributed by atoms with E-state index < -0.39 is 5.60 Å². The van der Waals surface area contributed by atoms with Gasteiger partial charge in [-0.2, -0.15) is 0 Å². The van der Waals surface area contributed by atoms with Gasteiger partial charge < -0.3 is 19.6 Å². The first-order valence-corrected chi connectivity index (χ1v) is 14.1. The monoisotopic (exact) mass is 525 g/mol. The zero-order valence-corrected chi connectivity index (χ0v) is 24.2. The fraction of sp³-hybridized carbons (Fsp3) is 0.382. The van der Waals surface area contributed by atoms with E-state index in [0.717, 1.165) is 66.3 Å². The van der Waals surface area contributed by atoms with Crippen LogP contribution in [0.3, 0.4) is 0 Å². The lowest BCUT2D eigenvalue weighted by molar-refractivity contribution is 0.0784. The quantitative estimate of drug-likeness (QED) is 0.277. The van der Waals surface area contributed by atoms with Crippen molar-refractivity contribution in [3.05, 3.63) is 102 Å². The number of aromatic nitrogens is 1. The first-order valence-electron chi connectivity index (χ1n) is 14.1. The van der Waals surface area contributed by atoms with Gasteiger partial charge in [0.15, 0.2) is 0 Å². The maximum Gasteiger partial charge on any atom is 0.124 e. The van der Waals surface area contributed by atoms with E-state index in [1.807, 2.05) is 12.1 Å². The average molecular weight is 526 g/mol. The van der Waals surface area contributed by atoms with Crippen LogP contribution in [0.25, 0.3) is 5.70 Å². The molecule has 0 radical (unpaired) electrons. The Hall–Kier alpha value is -3.57. The topological polar surface area (TPSA) is 48.8 Å². The van der Waals surface area contributed by atoms with Crippen LogP contribution >= 0.6 is 0 Å². The molecule has 0 bridgehead atoms. The second-order valence-corrected chi connectivity index (χ2v) is 10.9. The minimum atomic E-state index is -0.941. The minimum absolute atomic E-state index is 0.289. The van der Waals surface area contributed by atoms with Crippen LogP contribution in [0.15, 0.2) is 79.6 Å². The Morgan fingerprint density at radius 1 is 1.10 bits per heavy atom. The maximum atomic E-state index is 10.5. The number of aliphatic hydroxyl groups is 1. The van der Waals surface area contributed by atoms with Crippen molar-refractivity contribution in [1.82, 2.24) is 9.88 Å². The fourth-order valence-electron chi connectivity index (χ4n) is 4.94. The van der Waals surface area contributed by atoms with Crippen LogP contribution in [0.1, 0.15) is 75.3 Å². The Labute approximate surface area is 234 Å². The van der Waals surface area contributed by atoms with Crippen LogP contribution in [0.4, 0.5) is 11.4 Å². The second-order valence-electron chi connectivity index (χ2n) is 10.9. The van der Waals surface area contributed by atoms with Gasteiger partial charge in [0.05, 0.1) is 23.6 Å². The largest absolute Gasteiger partial charge is 0.493 e. The summed E-state index contributed by atoms with van der Waals surface area (Å²) in [6.07, 6.45) is 10.1. The molecule has 206 valence electrons. The number of hydrogen-bond acceptors (Lipinski definition) is 5. The van der Waals surface area contributed by atoms with Crippen LogP contribution < -0.4 is 9.64 Å². The number of fused-ring (bicyclic) bond motifs is 1. The van der Waals surface area contributed by atoms with Gasteiger partial charge in [0.2, 0.25) is 0 Å². The van der Waals surface area contributed by atoms with Gasteiger partial charge in [0, 0.05) is 49.3 Å². The van der Waals surface area contributed by atoms with Gasteiger partial charge in [-0.25, -0.2) is 0 Å². The van der Waals surface area contributed by atoms with E-state index in [4.69, 9.17) is 4.74 Å². The molecule has 0 amide bonds. The SMILES string of the molecule is C=C(c1cc(C(C)(C)O)ccn1)N(/C=C\CCC)CC1CCOc2cc(N(C)c3ccc(CC)cc3)ccc21. The van der Waals surface area contributed by atoms with Crippen molar-refractivity contribution in [3.63, 3.8) is 0 Å². The third kappa shape index (κ3) is 6.90. The van der Waals surface area contributed by atoms with Crippen molar-refractivity contribution in [3.8, 4) is 5.75 Å². The molecule has 1 aromatic heterocycles. The van der Waals surface area contributed by atoms with Crippen LogP contribution in [-0.4, -0.2) is 35.2 Å². The van der Waals surface area contributed by atoms with Crippen LogP contribution in [0.2, 0.25) is 0 Å². The molecule has 0 fully saturated rings. The van der Waals surface area contributed by atoms with E-state index >= 15 is 0 Å². The Kier molecular flexibility index (Phi) is 9.13. The summed E-state index contributed by atoms with van der Waals surface area (Å²) in [5, 5.41) is 10.5. The number of unbranched alkanes of at least 4 members (excludes halogenated alkanes) is 1. The predicted molar refractivity (Wildman–Crippen MR) is 162 cm³/mol. The number of ether oxygens (including phenoxy) is 1. The molecule has 5 nitrogen and oxygen atoms in total. The summed E-state index contributed by atoms with van der Waals surface area (Å²) >= 11 is 0. The van der Waals surface area contributed by atoms with E-state index in [0.29, 0.717) is 6.61 Å². The molecular weight excluding hydrogens is 482 g/mol. The van der Waals surface area contributed by atoms with Crippen molar-refractivity contribution >= 4 is 17.1 Å². The first-order chi connectivity index (χ1) is 18.7. The Bertz CT molecular complexity index is 1290. The van der Waals surface area contributed by atoms with Gasteiger partial charge in [-0.05, 0) is 80.1 Å². The highest BCUT2D eigenvalue weighted by atomic mass is 16.5. The molecule has 4 rings (SSSR count). The van der Waals surface area contributed by atoms with Gasteiger partial charge in [-0.15, -0.1) is 0 Å². The predicted octanol–water partition coefficient (Wildman–Crippen LogP) is 7.79.